The number of rotatable bonds is 6. The molecule has 1 aromatic carbocycles. The maximum absolute atomic E-state index is 14.1. The second-order valence-corrected chi connectivity index (χ2v) is 7.74. The van der Waals surface area contributed by atoms with Gasteiger partial charge in [0.2, 0.25) is 10.0 Å². The number of sulfonamides is 1. The number of carbonyl (C=O) groups excluding carboxylic acids is 1. The molecule has 7 nitrogen and oxygen atoms in total. The third-order valence-corrected chi connectivity index (χ3v) is 5.97. The highest BCUT2D eigenvalue weighted by atomic mass is 32.2. The van der Waals surface area contributed by atoms with Crippen molar-refractivity contribution in [3.63, 3.8) is 0 Å². The molecule has 1 aliphatic heterocycles. The van der Waals surface area contributed by atoms with Crippen LogP contribution in [0.4, 0.5) is 14.9 Å². The normalized spacial score (nSPS) is 17.3. The van der Waals surface area contributed by atoms with Crippen LogP contribution in [-0.4, -0.2) is 50.8 Å². The fourth-order valence-electron chi connectivity index (χ4n) is 2.80. The van der Waals surface area contributed by atoms with Crippen molar-refractivity contribution < 1.29 is 17.6 Å². The van der Waals surface area contributed by atoms with Gasteiger partial charge in [-0.15, -0.1) is 0 Å². The van der Waals surface area contributed by atoms with E-state index in [1.165, 1.54) is 28.0 Å². The van der Waals surface area contributed by atoms with E-state index in [9.17, 15) is 17.6 Å². The van der Waals surface area contributed by atoms with Crippen molar-refractivity contribution in [1.29, 1.82) is 5.26 Å². The van der Waals surface area contributed by atoms with Crippen LogP contribution >= 0.6 is 0 Å². The van der Waals surface area contributed by atoms with E-state index in [2.05, 4.69) is 4.72 Å². The molecule has 1 fully saturated rings. The van der Waals surface area contributed by atoms with Gasteiger partial charge in [-0.25, -0.2) is 22.3 Å². The molecule has 1 heterocycles. The summed E-state index contributed by atoms with van der Waals surface area (Å²) in [5.74, 6) is -0.565. The summed E-state index contributed by atoms with van der Waals surface area (Å²) in [5.41, 5.74) is 0.0840. The smallest absolute Gasteiger partial charge is 0.323 e. The summed E-state index contributed by atoms with van der Waals surface area (Å²) in [6.45, 7) is 2.34. The van der Waals surface area contributed by atoms with E-state index in [1.54, 1.807) is 13.0 Å². The van der Waals surface area contributed by atoms with E-state index >= 15 is 0 Å². The molecule has 0 saturated carbocycles. The van der Waals surface area contributed by atoms with Gasteiger partial charge in [-0.3, -0.25) is 4.90 Å². The van der Waals surface area contributed by atoms with Gasteiger partial charge < -0.3 is 4.90 Å². The topological polar surface area (TPSA) is 93.5 Å². The standard InChI is InChI=1S/C16H21FN4O3S/c1-2-19-25(23,24)13-8-11-20(12-13)16(22)21(10-5-9-18)15-7-4-3-6-14(15)17/h3-4,6-7,13,19H,2,5,8,10-12H2,1H3/t13-/m1/s1. The Kier molecular flexibility index (Phi) is 6.33. The zero-order valence-corrected chi connectivity index (χ0v) is 14.8. The number of nitrogens with zero attached hydrogens (tertiary/aromatic N) is 3. The molecule has 0 bridgehead atoms. The number of hydrogen-bond donors (Lipinski definition) is 1. The Morgan fingerprint density at radius 1 is 1.48 bits per heavy atom. The summed E-state index contributed by atoms with van der Waals surface area (Å²) in [7, 11) is -3.48. The summed E-state index contributed by atoms with van der Waals surface area (Å²) in [6, 6.07) is 7.28. The minimum atomic E-state index is -3.48. The van der Waals surface area contributed by atoms with Crippen molar-refractivity contribution in [2.24, 2.45) is 0 Å². The fourth-order valence-corrected chi connectivity index (χ4v) is 4.23. The van der Waals surface area contributed by atoms with E-state index in [1.807, 2.05) is 6.07 Å². The van der Waals surface area contributed by atoms with Crippen molar-refractivity contribution >= 4 is 21.7 Å². The molecule has 2 rings (SSSR count). The Morgan fingerprint density at radius 2 is 2.20 bits per heavy atom. The monoisotopic (exact) mass is 368 g/mol. The molecular weight excluding hydrogens is 347 g/mol. The molecule has 2 amide bonds. The number of amides is 2. The first-order chi connectivity index (χ1) is 11.9. The highest BCUT2D eigenvalue weighted by Gasteiger charge is 2.36. The molecule has 0 radical (unpaired) electrons. The molecule has 0 unspecified atom stereocenters. The fraction of sp³-hybridized carbons (Fsp3) is 0.500. The Balaban J connectivity index is 2.18. The van der Waals surface area contributed by atoms with E-state index < -0.39 is 27.1 Å². The van der Waals surface area contributed by atoms with E-state index in [0.29, 0.717) is 6.42 Å². The number of anilines is 1. The summed E-state index contributed by atoms with van der Waals surface area (Å²) in [6.07, 6.45) is 0.372. The lowest BCUT2D eigenvalue weighted by Crippen LogP contribution is -2.44. The quantitative estimate of drug-likeness (QED) is 0.827. The van der Waals surface area contributed by atoms with E-state index in [0.717, 1.165) is 0 Å². The number of nitriles is 1. The van der Waals surface area contributed by atoms with Gasteiger partial charge >= 0.3 is 6.03 Å². The van der Waals surface area contributed by atoms with Gasteiger partial charge in [0.1, 0.15) is 5.82 Å². The predicted molar refractivity (Wildman–Crippen MR) is 91.9 cm³/mol. The van der Waals surface area contributed by atoms with Crippen LogP contribution in [0.15, 0.2) is 24.3 Å². The van der Waals surface area contributed by atoms with Crippen molar-refractivity contribution in [2.45, 2.75) is 25.0 Å². The summed E-state index contributed by atoms with van der Waals surface area (Å²) in [4.78, 5) is 15.4. The summed E-state index contributed by atoms with van der Waals surface area (Å²) in [5, 5.41) is 8.12. The number of hydrogen-bond acceptors (Lipinski definition) is 4. The SMILES string of the molecule is CCNS(=O)(=O)[C@@H]1CCN(C(=O)N(CCC#N)c2ccccc2F)C1. The summed E-state index contributed by atoms with van der Waals surface area (Å²) >= 11 is 0. The number of nitrogens with one attached hydrogen (secondary N) is 1. The lowest BCUT2D eigenvalue weighted by molar-refractivity contribution is 0.215. The molecule has 136 valence electrons. The number of likely N-dealkylation sites (tertiary alicyclic amines) is 1. The summed E-state index contributed by atoms with van der Waals surface area (Å²) < 4.78 is 40.7. The molecule has 25 heavy (non-hydrogen) atoms. The van der Waals surface area contributed by atoms with Gasteiger partial charge in [0.15, 0.2) is 0 Å². The highest BCUT2D eigenvalue weighted by molar-refractivity contribution is 7.90. The van der Waals surface area contributed by atoms with E-state index in [4.69, 9.17) is 5.26 Å². The molecule has 0 aliphatic carbocycles. The van der Waals surface area contributed by atoms with Crippen LogP contribution in [0, 0.1) is 17.1 Å². The maximum Gasteiger partial charge on any atom is 0.324 e. The lowest BCUT2D eigenvalue weighted by Gasteiger charge is -2.28. The molecule has 1 aromatic rings. The number of carbonyl (C=O) groups is 1. The van der Waals surface area contributed by atoms with Crippen LogP contribution in [0.1, 0.15) is 19.8 Å². The van der Waals surface area contributed by atoms with Crippen LogP contribution in [0.25, 0.3) is 0 Å². The highest BCUT2D eigenvalue weighted by Crippen LogP contribution is 2.23. The first-order valence-corrected chi connectivity index (χ1v) is 9.61. The zero-order valence-electron chi connectivity index (χ0n) is 14.0. The largest absolute Gasteiger partial charge is 0.324 e. The molecule has 1 N–H and O–H groups in total. The minimum absolute atomic E-state index is 0.0391. The molecule has 9 heteroatoms. The van der Waals surface area contributed by atoms with Gasteiger partial charge in [-0.1, -0.05) is 19.1 Å². The molecular formula is C16H21FN4O3S. The van der Waals surface area contributed by atoms with E-state index in [-0.39, 0.29) is 38.3 Å². The predicted octanol–water partition coefficient (Wildman–Crippen LogP) is 1.68. The first kappa shape index (κ1) is 19.1. The Hall–Kier alpha value is -2.18. The van der Waals surface area contributed by atoms with Crippen molar-refractivity contribution in [3.8, 4) is 6.07 Å². The van der Waals surface area contributed by atoms with Gasteiger partial charge in [0.25, 0.3) is 0 Å². The first-order valence-electron chi connectivity index (χ1n) is 8.07. The Labute approximate surface area is 147 Å². The third kappa shape index (κ3) is 4.46. The average molecular weight is 368 g/mol. The Bertz CT molecular complexity index is 763. The number of halogens is 1. The molecule has 0 aromatic heterocycles. The van der Waals surface area contributed by atoms with Gasteiger partial charge in [-0.2, -0.15) is 5.26 Å². The number of urea groups is 1. The van der Waals surface area contributed by atoms with Crippen LogP contribution in [0.5, 0.6) is 0 Å². The van der Waals surface area contributed by atoms with Crippen LogP contribution in [0.2, 0.25) is 0 Å². The van der Waals surface area contributed by atoms with Gasteiger partial charge in [-0.05, 0) is 18.6 Å². The van der Waals surface area contributed by atoms with Crippen LogP contribution in [0.3, 0.4) is 0 Å². The zero-order chi connectivity index (χ0) is 18.4. The van der Waals surface area contributed by atoms with Crippen molar-refractivity contribution in [3.05, 3.63) is 30.1 Å². The minimum Gasteiger partial charge on any atom is -0.323 e. The number of para-hydroxylation sites is 1. The van der Waals surface area contributed by atoms with Crippen LogP contribution < -0.4 is 9.62 Å². The van der Waals surface area contributed by atoms with Crippen molar-refractivity contribution in [2.75, 3.05) is 31.1 Å². The molecule has 1 saturated heterocycles. The third-order valence-electron chi connectivity index (χ3n) is 4.02. The average Bonchev–Trinajstić information content (AvgIpc) is 3.07. The second-order valence-electron chi connectivity index (χ2n) is 5.69. The molecule has 0 spiro atoms. The lowest BCUT2D eigenvalue weighted by atomic mass is 10.2. The maximum atomic E-state index is 14.1. The van der Waals surface area contributed by atoms with Gasteiger partial charge in [0, 0.05) is 26.2 Å². The number of benzene rings is 1. The second kappa shape index (κ2) is 8.27. The van der Waals surface area contributed by atoms with Crippen molar-refractivity contribution in [1.82, 2.24) is 9.62 Å². The van der Waals surface area contributed by atoms with Gasteiger partial charge in [0.05, 0.1) is 23.4 Å². The molecule has 1 atom stereocenters. The Morgan fingerprint density at radius 3 is 2.84 bits per heavy atom. The van der Waals surface area contributed by atoms with Crippen LogP contribution in [-0.2, 0) is 10.0 Å². The molecule has 1 aliphatic rings.